The second kappa shape index (κ2) is 15.9. The molecular formula is C33H49ClFN3. The molecule has 0 fully saturated rings. The number of rotatable bonds is 6. The van der Waals surface area contributed by atoms with Crippen LogP contribution in [0.2, 0.25) is 5.02 Å². The van der Waals surface area contributed by atoms with Crippen molar-refractivity contribution >= 4 is 11.6 Å². The van der Waals surface area contributed by atoms with E-state index in [0.29, 0.717) is 35.3 Å². The van der Waals surface area contributed by atoms with Gasteiger partial charge in [0.2, 0.25) is 0 Å². The Labute approximate surface area is 236 Å². The van der Waals surface area contributed by atoms with E-state index in [0.717, 1.165) is 16.3 Å². The van der Waals surface area contributed by atoms with Gasteiger partial charge in [-0.3, -0.25) is 15.0 Å². The first-order chi connectivity index (χ1) is 17.6. The molecule has 3 aromatic heterocycles. The summed E-state index contributed by atoms with van der Waals surface area (Å²) >= 11 is 6.11. The molecule has 5 heteroatoms. The van der Waals surface area contributed by atoms with E-state index in [1.54, 1.807) is 12.3 Å². The Hall–Kier alpha value is -2.33. The Morgan fingerprint density at radius 2 is 0.974 bits per heavy atom. The van der Waals surface area contributed by atoms with E-state index in [-0.39, 0.29) is 11.7 Å². The van der Waals surface area contributed by atoms with Crippen molar-refractivity contribution in [1.82, 2.24) is 15.0 Å². The molecule has 3 heterocycles. The van der Waals surface area contributed by atoms with Crippen LogP contribution in [0.5, 0.6) is 0 Å². The average molecular weight is 542 g/mol. The summed E-state index contributed by atoms with van der Waals surface area (Å²) in [6, 6.07) is 7.91. The minimum Gasteiger partial charge on any atom is -0.261 e. The van der Waals surface area contributed by atoms with Crippen molar-refractivity contribution in [2.24, 2.45) is 0 Å². The highest BCUT2D eigenvalue weighted by atomic mass is 35.5. The van der Waals surface area contributed by atoms with Crippen LogP contribution in [-0.2, 0) is 0 Å². The number of hydrogen-bond donors (Lipinski definition) is 0. The van der Waals surface area contributed by atoms with E-state index in [1.165, 1.54) is 16.8 Å². The third kappa shape index (κ3) is 10.8. The second-order valence-electron chi connectivity index (χ2n) is 11.7. The van der Waals surface area contributed by atoms with Crippen LogP contribution in [0, 0.1) is 5.82 Å². The van der Waals surface area contributed by atoms with Crippen LogP contribution >= 0.6 is 11.6 Å². The largest absolute Gasteiger partial charge is 0.261 e. The van der Waals surface area contributed by atoms with Crippen molar-refractivity contribution in [3.63, 3.8) is 0 Å². The van der Waals surface area contributed by atoms with Crippen LogP contribution in [0.1, 0.15) is 152 Å². The number of nitrogens with zero attached hydrogens (tertiary/aromatic N) is 3. The normalized spacial score (nSPS) is 11.3. The molecule has 3 aromatic rings. The summed E-state index contributed by atoms with van der Waals surface area (Å²) in [5, 5.41) is 0.793. The first-order valence-electron chi connectivity index (χ1n) is 13.9. The first-order valence-corrected chi connectivity index (χ1v) is 14.3. The lowest BCUT2D eigenvalue weighted by Gasteiger charge is -2.10. The van der Waals surface area contributed by atoms with Gasteiger partial charge in [0.15, 0.2) is 0 Å². The van der Waals surface area contributed by atoms with Crippen molar-refractivity contribution in [3.8, 4) is 0 Å². The molecule has 0 aromatic carbocycles. The summed E-state index contributed by atoms with van der Waals surface area (Å²) in [6.07, 6.45) is 5.68. The fourth-order valence-corrected chi connectivity index (χ4v) is 3.90. The van der Waals surface area contributed by atoms with E-state index < -0.39 is 0 Å². The van der Waals surface area contributed by atoms with E-state index in [4.69, 9.17) is 11.6 Å². The van der Waals surface area contributed by atoms with Gasteiger partial charge in [-0.25, -0.2) is 4.39 Å². The molecular weight excluding hydrogens is 493 g/mol. The zero-order chi connectivity index (χ0) is 29.2. The topological polar surface area (TPSA) is 38.7 Å². The Morgan fingerprint density at radius 3 is 1.32 bits per heavy atom. The SMILES string of the molecule is CC(C)c1ccc(C(C)C)nc1.CC(C)c1cnc(C(C)C)c(Cl)c1.CC(C)c1cnc(C(C)C)c(F)c1. The van der Waals surface area contributed by atoms with Crippen LogP contribution in [-0.4, -0.2) is 15.0 Å². The van der Waals surface area contributed by atoms with Crippen molar-refractivity contribution in [2.75, 3.05) is 0 Å². The quantitative estimate of drug-likeness (QED) is 0.311. The van der Waals surface area contributed by atoms with E-state index in [1.807, 2.05) is 46.2 Å². The first kappa shape index (κ1) is 33.7. The van der Waals surface area contributed by atoms with Crippen LogP contribution in [0.25, 0.3) is 0 Å². The van der Waals surface area contributed by atoms with Crippen molar-refractivity contribution in [3.05, 3.63) is 87.5 Å². The molecule has 0 atom stereocenters. The van der Waals surface area contributed by atoms with Crippen LogP contribution in [0.4, 0.5) is 4.39 Å². The van der Waals surface area contributed by atoms with Gasteiger partial charge >= 0.3 is 0 Å². The highest BCUT2D eigenvalue weighted by molar-refractivity contribution is 6.31. The van der Waals surface area contributed by atoms with Crippen LogP contribution < -0.4 is 0 Å². The van der Waals surface area contributed by atoms with Gasteiger partial charge in [0.05, 0.1) is 16.4 Å². The van der Waals surface area contributed by atoms with Gasteiger partial charge in [-0.2, -0.15) is 0 Å². The summed E-state index contributed by atoms with van der Waals surface area (Å²) in [5.74, 6) is 2.32. The maximum absolute atomic E-state index is 13.4. The smallest absolute Gasteiger partial charge is 0.145 e. The molecule has 0 amide bonds. The molecule has 0 unspecified atom stereocenters. The lowest BCUT2D eigenvalue weighted by molar-refractivity contribution is 0.579. The van der Waals surface area contributed by atoms with Gasteiger partial charge in [0, 0.05) is 24.3 Å². The van der Waals surface area contributed by atoms with E-state index in [9.17, 15) is 4.39 Å². The third-order valence-corrected chi connectivity index (χ3v) is 6.58. The summed E-state index contributed by atoms with van der Waals surface area (Å²) in [6.45, 7) is 25.1. The molecule has 0 aliphatic rings. The summed E-state index contributed by atoms with van der Waals surface area (Å²) < 4.78 is 13.4. The van der Waals surface area contributed by atoms with Gasteiger partial charge in [-0.1, -0.05) is 101 Å². The molecule has 0 aliphatic carbocycles. The van der Waals surface area contributed by atoms with E-state index in [2.05, 4.69) is 82.5 Å². The highest BCUT2D eigenvalue weighted by Gasteiger charge is 2.10. The number of aromatic nitrogens is 3. The Morgan fingerprint density at radius 1 is 0.526 bits per heavy atom. The molecule has 210 valence electrons. The van der Waals surface area contributed by atoms with Crippen molar-refractivity contribution < 1.29 is 4.39 Å². The van der Waals surface area contributed by atoms with Gasteiger partial charge in [0.1, 0.15) is 5.82 Å². The Kier molecular flexibility index (Phi) is 14.1. The molecule has 0 bridgehead atoms. The maximum Gasteiger partial charge on any atom is 0.145 e. The molecule has 0 N–H and O–H groups in total. The molecule has 0 saturated heterocycles. The van der Waals surface area contributed by atoms with Gasteiger partial charge in [-0.15, -0.1) is 0 Å². The predicted molar refractivity (Wildman–Crippen MR) is 162 cm³/mol. The number of hydrogen-bond acceptors (Lipinski definition) is 3. The molecule has 0 aliphatic heterocycles. The van der Waals surface area contributed by atoms with Gasteiger partial charge in [-0.05, 0) is 70.4 Å². The lowest BCUT2D eigenvalue weighted by atomic mass is 10.0. The molecule has 0 spiro atoms. The maximum atomic E-state index is 13.4. The molecule has 3 nitrogen and oxygen atoms in total. The van der Waals surface area contributed by atoms with Gasteiger partial charge < -0.3 is 0 Å². The Balaban J connectivity index is 0.000000285. The molecule has 3 rings (SSSR count). The minimum atomic E-state index is -0.179. The summed E-state index contributed by atoms with van der Waals surface area (Å²) in [5.41, 5.74) is 6.21. The highest BCUT2D eigenvalue weighted by Crippen LogP contribution is 2.25. The number of pyridine rings is 3. The average Bonchev–Trinajstić information content (AvgIpc) is 2.84. The standard InChI is InChI=1S/C11H16ClN.C11H16FN.C11H17N/c2*1-7(2)9-5-10(12)11(8(3)4)13-6-9;1-8(2)10-5-6-11(9(3)4)12-7-10/h2*5-8H,1-4H3;5-9H,1-4H3. The fraction of sp³-hybridized carbons (Fsp3) is 0.545. The second-order valence-corrected chi connectivity index (χ2v) is 12.1. The summed E-state index contributed by atoms with van der Waals surface area (Å²) in [4.78, 5) is 12.9. The zero-order valence-electron chi connectivity index (χ0n) is 25.6. The number of halogens is 2. The zero-order valence-corrected chi connectivity index (χ0v) is 26.4. The fourth-order valence-electron chi connectivity index (χ4n) is 3.51. The predicted octanol–water partition coefficient (Wildman–Crippen LogP) is 10.8. The lowest BCUT2D eigenvalue weighted by Crippen LogP contribution is -2.00. The monoisotopic (exact) mass is 541 g/mol. The van der Waals surface area contributed by atoms with E-state index >= 15 is 0 Å². The minimum absolute atomic E-state index is 0.154. The molecule has 0 saturated carbocycles. The van der Waals surface area contributed by atoms with Crippen LogP contribution in [0.15, 0.2) is 42.9 Å². The summed E-state index contributed by atoms with van der Waals surface area (Å²) in [7, 11) is 0. The van der Waals surface area contributed by atoms with Crippen LogP contribution in [0.3, 0.4) is 0 Å². The van der Waals surface area contributed by atoms with Gasteiger partial charge in [0.25, 0.3) is 0 Å². The third-order valence-electron chi connectivity index (χ3n) is 6.28. The Bertz CT molecular complexity index is 1020. The van der Waals surface area contributed by atoms with Crippen molar-refractivity contribution in [2.45, 2.75) is 119 Å². The molecule has 38 heavy (non-hydrogen) atoms. The molecule has 0 radical (unpaired) electrons. The van der Waals surface area contributed by atoms with Crippen molar-refractivity contribution in [1.29, 1.82) is 0 Å².